The third-order valence-electron chi connectivity index (χ3n) is 5.43. The van der Waals surface area contributed by atoms with Gasteiger partial charge in [-0.15, -0.1) is 5.10 Å². The fourth-order valence-electron chi connectivity index (χ4n) is 3.62. The maximum atomic E-state index is 13.5. The van der Waals surface area contributed by atoms with Crippen LogP contribution in [0.25, 0.3) is 22.3 Å². The normalized spacial score (nSPS) is 11.8. The topological polar surface area (TPSA) is 123 Å². The van der Waals surface area contributed by atoms with E-state index < -0.39 is 17.4 Å². The van der Waals surface area contributed by atoms with E-state index in [1.54, 1.807) is 38.2 Å². The molecule has 2 heterocycles. The molecule has 0 saturated heterocycles. The molecule has 0 radical (unpaired) electrons. The van der Waals surface area contributed by atoms with E-state index in [-0.39, 0.29) is 12.0 Å². The van der Waals surface area contributed by atoms with Crippen LogP contribution in [-0.4, -0.2) is 40.7 Å². The van der Waals surface area contributed by atoms with Gasteiger partial charge in [0.25, 0.3) is 5.56 Å². The Bertz CT molecular complexity index is 1400. The molecule has 0 unspecified atom stereocenters. The summed E-state index contributed by atoms with van der Waals surface area (Å²) >= 11 is 0. The Morgan fingerprint density at radius 1 is 1.09 bits per heavy atom. The lowest BCUT2D eigenvalue weighted by atomic mass is 10.1. The van der Waals surface area contributed by atoms with Crippen LogP contribution in [0.1, 0.15) is 44.6 Å². The van der Waals surface area contributed by atoms with Crippen molar-refractivity contribution in [2.24, 2.45) is 0 Å². The third kappa shape index (κ3) is 4.86. The zero-order valence-electron chi connectivity index (χ0n) is 18.8. The van der Waals surface area contributed by atoms with Gasteiger partial charge in [0.2, 0.25) is 0 Å². The smallest absolute Gasteiger partial charge is 0.303 e. The van der Waals surface area contributed by atoms with Crippen LogP contribution in [0.15, 0.2) is 53.5 Å². The van der Waals surface area contributed by atoms with Gasteiger partial charge in [-0.25, -0.2) is 14.1 Å². The standard InChI is InChI=1S/C24H24FN5O4/c1-24(2,34)20-14-29(28-27-20)17-11-12-18-19(13-17)26-21(5-3-4-6-22(31)32)30(23(18)33)16-9-7-15(25)8-10-16/h7-14,34H,3-6H2,1-2H3,(H,31,32). The molecular weight excluding hydrogens is 441 g/mol. The maximum Gasteiger partial charge on any atom is 0.303 e. The van der Waals surface area contributed by atoms with Crippen molar-refractivity contribution in [3.63, 3.8) is 0 Å². The fourth-order valence-corrected chi connectivity index (χ4v) is 3.62. The number of aliphatic carboxylic acids is 1. The van der Waals surface area contributed by atoms with E-state index in [2.05, 4.69) is 10.3 Å². The minimum atomic E-state index is -1.15. The van der Waals surface area contributed by atoms with Gasteiger partial charge in [0.15, 0.2) is 0 Å². The predicted octanol–water partition coefficient (Wildman–Crippen LogP) is 3.13. The maximum absolute atomic E-state index is 13.5. The molecule has 4 aromatic rings. The number of hydrogen-bond donors (Lipinski definition) is 2. The average molecular weight is 465 g/mol. The van der Waals surface area contributed by atoms with Gasteiger partial charge in [0.05, 0.1) is 28.5 Å². The van der Waals surface area contributed by atoms with Gasteiger partial charge in [-0.05, 0) is 69.2 Å². The van der Waals surface area contributed by atoms with Crippen LogP contribution >= 0.6 is 0 Å². The van der Waals surface area contributed by atoms with Gasteiger partial charge in [0.1, 0.15) is 22.9 Å². The summed E-state index contributed by atoms with van der Waals surface area (Å²) in [5, 5.41) is 27.5. The minimum Gasteiger partial charge on any atom is -0.481 e. The molecule has 10 heteroatoms. The minimum absolute atomic E-state index is 0.0222. The molecule has 4 rings (SSSR count). The molecule has 0 amide bonds. The second-order valence-electron chi connectivity index (χ2n) is 8.55. The Hall–Kier alpha value is -3.92. The zero-order chi connectivity index (χ0) is 24.5. The van der Waals surface area contributed by atoms with Gasteiger partial charge < -0.3 is 10.2 Å². The molecule has 34 heavy (non-hydrogen) atoms. The highest BCUT2D eigenvalue weighted by molar-refractivity contribution is 5.80. The largest absolute Gasteiger partial charge is 0.481 e. The number of carbonyl (C=O) groups is 1. The highest BCUT2D eigenvalue weighted by Crippen LogP contribution is 2.21. The molecule has 2 aromatic carbocycles. The van der Waals surface area contributed by atoms with Crippen molar-refractivity contribution >= 4 is 16.9 Å². The molecule has 0 atom stereocenters. The van der Waals surface area contributed by atoms with Crippen LogP contribution < -0.4 is 5.56 Å². The number of aryl methyl sites for hydroxylation is 1. The summed E-state index contributed by atoms with van der Waals surface area (Å²) in [6.07, 6.45) is 2.95. The van der Waals surface area contributed by atoms with Crippen molar-refractivity contribution in [3.8, 4) is 11.4 Å². The van der Waals surface area contributed by atoms with Gasteiger partial charge in [0, 0.05) is 12.8 Å². The molecule has 9 nitrogen and oxygen atoms in total. The quantitative estimate of drug-likeness (QED) is 0.383. The van der Waals surface area contributed by atoms with Crippen molar-refractivity contribution in [2.45, 2.75) is 45.1 Å². The predicted molar refractivity (Wildman–Crippen MR) is 123 cm³/mol. The van der Waals surface area contributed by atoms with Gasteiger partial charge in [-0.2, -0.15) is 0 Å². The summed E-state index contributed by atoms with van der Waals surface area (Å²) in [5.41, 5.74) is 0.454. The number of rotatable bonds is 8. The number of benzene rings is 2. The third-order valence-corrected chi connectivity index (χ3v) is 5.43. The van der Waals surface area contributed by atoms with Crippen LogP contribution in [0.2, 0.25) is 0 Å². The number of fused-ring (bicyclic) bond motifs is 1. The number of halogens is 1. The summed E-state index contributed by atoms with van der Waals surface area (Å²) in [7, 11) is 0. The van der Waals surface area contributed by atoms with E-state index in [1.165, 1.54) is 33.5 Å². The lowest BCUT2D eigenvalue weighted by Crippen LogP contribution is -2.24. The SMILES string of the molecule is CC(C)(O)c1cn(-c2ccc3c(=O)n(-c4ccc(F)cc4)c(CCCCC(=O)O)nc3c2)nn1. The van der Waals surface area contributed by atoms with Crippen LogP contribution in [0, 0.1) is 5.82 Å². The van der Waals surface area contributed by atoms with Crippen molar-refractivity contribution in [1.29, 1.82) is 0 Å². The van der Waals surface area contributed by atoms with Crippen LogP contribution in [-0.2, 0) is 16.8 Å². The summed E-state index contributed by atoms with van der Waals surface area (Å²) in [5.74, 6) is -0.857. The van der Waals surface area contributed by atoms with E-state index >= 15 is 0 Å². The van der Waals surface area contributed by atoms with Crippen molar-refractivity contribution in [2.75, 3.05) is 0 Å². The number of carboxylic acids is 1. The summed E-state index contributed by atoms with van der Waals surface area (Å²) in [4.78, 5) is 29.0. The summed E-state index contributed by atoms with van der Waals surface area (Å²) in [6.45, 7) is 3.22. The van der Waals surface area contributed by atoms with E-state index in [4.69, 9.17) is 10.1 Å². The Balaban J connectivity index is 1.80. The molecule has 2 aromatic heterocycles. The lowest BCUT2D eigenvalue weighted by Gasteiger charge is -2.14. The molecule has 0 spiro atoms. The number of unbranched alkanes of at least 4 members (excludes halogenated alkanes) is 1. The first-order chi connectivity index (χ1) is 16.1. The molecule has 0 bridgehead atoms. The molecular formula is C24H24FN5O4. The second kappa shape index (κ2) is 9.14. The molecule has 0 aliphatic heterocycles. The van der Waals surface area contributed by atoms with Gasteiger partial charge in [-0.1, -0.05) is 5.21 Å². The van der Waals surface area contributed by atoms with E-state index in [9.17, 15) is 19.1 Å². The highest BCUT2D eigenvalue weighted by Gasteiger charge is 2.21. The Morgan fingerprint density at radius 2 is 1.79 bits per heavy atom. The second-order valence-corrected chi connectivity index (χ2v) is 8.55. The van der Waals surface area contributed by atoms with Crippen molar-refractivity contribution < 1.29 is 19.4 Å². The number of hydrogen-bond acceptors (Lipinski definition) is 6. The first kappa shape index (κ1) is 23.2. The molecule has 0 aliphatic carbocycles. The number of aromatic nitrogens is 5. The lowest BCUT2D eigenvalue weighted by molar-refractivity contribution is -0.137. The first-order valence-corrected chi connectivity index (χ1v) is 10.8. The van der Waals surface area contributed by atoms with E-state index in [1.807, 2.05) is 0 Å². The number of aliphatic hydroxyl groups is 1. The monoisotopic (exact) mass is 465 g/mol. The Kier molecular flexibility index (Phi) is 6.25. The Labute approximate surface area is 194 Å². The molecule has 0 fully saturated rings. The van der Waals surface area contributed by atoms with Crippen molar-refractivity contribution in [3.05, 3.63) is 76.4 Å². The fraction of sp³-hybridized carbons (Fsp3) is 0.292. The van der Waals surface area contributed by atoms with Gasteiger partial charge >= 0.3 is 5.97 Å². The van der Waals surface area contributed by atoms with Crippen LogP contribution in [0.5, 0.6) is 0 Å². The average Bonchev–Trinajstić information content (AvgIpc) is 3.28. The van der Waals surface area contributed by atoms with Gasteiger partial charge in [-0.3, -0.25) is 14.2 Å². The number of carboxylic acid groups (broad SMARTS) is 1. The van der Waals surface area contributed by atoms with E-state index in [0.717, 1.165) is 0 Å². The van der Waals surface area contributed by atoms with Crippen LogP contribution in [0.3, 0.4) is 0 Å². The highest BCUT2D eigenvalue weighted by atomic mass is 19.1. The molecule has 176 valence electrons. The molecule has 0 aliphatic rings. The molecule has 2 N–H and O–H groups in total. The summed E-state index contributed by atoms with van der Waals surface area (Å²) < 4.78 is 16.4. The summed E-state index contributed by atoms with van der Waals surface area (Å²) in [6, 6.07) is 10.6. The first-order valence-electron chi connectivity index (χ1n) is 10.8. The van der Waals surface area contributed by atoms with E-state index in [0.29, 0.717) is 53.1 Å². The number of nitrogens with zero attached hydrogens (tertiary/aromatic N) is 5. The van der Waals surface area contributed by atoms with Crippen molar-refractivity contribution in [1.82, 2.24) is 24.5 Å². The van der Waals surface area contributed by atoms with Crippen LogP contribution in [0.4, 0.5) is 4.39 Å². The zero-order valence-corrected chi connectivity index (χ0v) is 18.8. The molecule has 0 saturated carbocycles. The Morgan fingerprint density at radius 3 is 2.44 bits per heavy atom.